The SMILES string of the molecule is N#Cc1cnc2ccc(OC(F)F)cc2c1N1CCn2c(nnc2-c2ccccc2)C1. The summed E-state index contributed by atoms with van der Waals surface area (Å²) >= 11 is 0. The number of benzene rings is 2. The van der Waals surface area contributed by atoms with Crippen molar-refractivity contribution in [2.45, 2.75) is 19.7 Å². The van der Waals surface area contributed by atoms with Crippen molar-refractivity contribution in [3.63, 3.8) is 0 Å². The first-order chi connectivity index (χ1) is 15.1. The van der Waals surface area contributed by atoms with Gasteiger partial charge in [-0.1, -0.05) is 30.3 Å². The van der Waals surface area contributed by atoms with Crippen molar-refractivity contribution >= 4 is 16.6 Å². The first kappa shape index (κ1) is 18.9. The molecule has 0 amide bonds. The van der Waals surface area contributed by atoms with E-state index in [1.165, 1.54) is 18.3 Å². The minimum absolute atomic E-state index is 0.0205. The van der Waals surface area contributed by atoms with Gasteiger partial charge >= 0.3 is 6.61 Å². The lowest BCUT2D eigenvalue weighted by atomic mass is 10.1. The fraction of sp³-hybridized carbons (Fsp3) is 0.182. The van der Waals surface area contributed by atoms with E-state index >= 15 is 0 Å². The van der Waals surface area contributed by atoms with Gasteiger partial charge in [0.2, 0.25) is 0 Å². The Balaban J connectivity index is 1.56. The maximum absolute atomic E-state index is 12.7. The Morgan fingerprint density at radius 3 is 2.68 bits per heavy atom. The number of hydrogen-bond acceptors (Lipinski definition) is 6. The molecule has 0 radical (unpaired) electrons. The zero-order valence-electron chi connectivity index (χ0n) is 16.2. The largest absolute Gasteiger partial charge is 0.435 e. The predicted molar refractivity (Wildman–Crippen MR) is 110 cm³/mol. The van der Waals surface area contributed by atoms with Crippen LogP contribution in [-0.4, -0.2) is 32.9 Å². The number of aromatic nitrogens is 4. The second-order valence-electron chi connectivity index (χ2n) is 7.07. The molecule has 0 atom stereocenters. The van der Waals surface area contributed by atoms with E-state index in [0.717, 1.165) is 17.2 Å². The summed E-state index contributed by atoms with van der Waals surface area (Å²) in [5.74, 6) is 1.58. The van der Waals surface area contributed by atoms with Crippen LogP contribution in [0.2, 0.25) is 0 Å². The van der Waals surface area contributed by atoms with Crippen molar-refractivity contribution in [2.24, 2.45) is 0 Å². The second-order valence-corrected chi connectivity index (χ2v) is 7.07. The first-order valence-electron chi connectivity index (χ1n) is 9.64. The Bertz CT molecular complexity index is 1300. The van der Waals surface area contributed by atoms with Crippen LogP contribution in [0.15, 0.2) is 54.7 Å². The molecule has 4 aromatic rings. The van der Waals surface area contributed by atoms with E-state index in [-0.39, 0.29) is 5.75 Å². The molecule has 1 aliphatic heterocycles. The van der Waals surface area contributed by atoms with E-state index in [4.69, 9.17) is 0 Å². The van der Waals surface area contributed by atoms with Crippen LogP contribution in [0.25, 0.3) is 22.3 Å². The Labute approximate surface area is 176 Å². The number of fused-ring (bicyclic) bond motifs is 2. The van der Waals surface area contributed by atoms with Crippen LogP contribution < -0.4 is 9.64 Å². The summed E-state index contributed by atoms with van der Waals surface area (Å²) in [5.41, 5.74) is 2.56. The summed E-state index contributed by atoms with van der Waals surface area (Å²) in [7, 11) is 0. The van der Waals surface area contributed by atoms with E-state index in [1.54, 1.807) is 6.07 Å². The quantitative estimate of drug-likeness (QED) is 0.499. The highest BCUT2D eigenvalue weighted by molar-refractivity contribution is 5.95. The maximum Gasteiger partial charge on any atom is 0.387 e. The lowest BCUT2D eigenvalue weighted by molar-refractivity contribution is -0.0497. The third-order valence-electron chi connectivity index (χ3n) is 5.26. The fourth-order valence-corrected chi connectivity index (χ4v) is 3.91. The van der Waals surface area contributed by atoms with Crippen molar-refractivity contribution in [2.75, 3.05) is 11.4 Å². The molecule has 5 rings (SSSR count). The van der Waals surface area contributed by atoms with Crippen LogP contribution in [0, 0.1) is 11.3 Å². The van der Waals surface area contributed by atoms with Crippen molar-refractivity contribution < 1.29 is 13.5 Å². The Morgan fingerprint density at radius 2 is 1.90 bits per heavy atom. The van der Waals surface area contributed by atoms with Crippen molar-refractivity contribution in [3.8, 4) is 23.2 Å². The normalized spacial score (nSPS) is 13.3. The summed E-state index contributed by atoms with van der Waals surface area (Å²) in [6.45, 7) is -1.29. The molecule has 7 nitrogen and oxygen atoms in total. The average molecular weight is 418 g/mol. The number of nitriles is 1. The summed E-state index contributed by atoms with van der Waals surface area (Å²) in [4.78, 5) is 6.30. The summed E-state index contributed by atoms with van der Waals surface area (Å²) < 4.78 is 32.0. The third kappa shape index (κ3) is 3.42. The molecule has 0 saturated carbocycles. The number of pyridine rings is 1. The molecule has 0 saturated heterocycles. The van der Waals surface area contributed by atoms with E-state index < -0.39 is 6.61 Å². The van der Waals surface area contributed by atoms with Gasteiger partial charge in [-0.2, -0.15) is 14.0 Å². The Morgan fingerprint density at radius 1 is 1.06 bits per heavy atom. The van der Waals surface area contributed by atoms with E-state index in [1.807, 2.05) is 35.2 Å². The van der Waals surface area contributed by atoms with Crippen molar-refractivity contribution in [1.29, 1.82) is 5.26 Å². The molecule has 2 aromatic heterocycles. The van der Waals surface area contributed by atoms with Gasteiger partial charge in [0.25, 0.3) is 0 Å². The van der Waals surface area contributed by atoms with Crippen molar-refractivity contribution in [1.82, 2.24) is 19.7 Å². The summed E-state index contributed by atoms with van der Waals surface area (Å²) in [6.07, 6.45) is 1.50. The van der Waals surface area contributed by atoms with Gasteiger partial charge in [-0.15, -0.1) is 10.2 Å². The smallest absolute Gasteiger partial charge is 0.387 e. The molecule has 2 aromatic carbocycles. The number of nitrogens with zero attached hydrogens (tertiary/aromatic N) is 6. The average Bonchev–Trinajstić information content (AvgIpc) is 3.21. The fourth-order valence-electron chi connectivity index (χ4n) is 3.91. The molecule has 1 aliphatic rings. The number of ether oxygens (including phenoxy) is 1. The van der Waals surface area contributed by atoms with Gasteiger partial charge in [-0.05, 0) is 18.2 Å². The van der Waals surface area contributed by atoms with Gasteiger partial charge in [0.05, 0.1) is 23.3 Å². The molecule has 0 spiro atoms. The van der Waals surface area contributed by atoms with Gasteiger partial charge in [0.1, 0.15) is 11.8 Å². The van der Waals surface area contributed by atoms with Gasteiger partial charge in [0.15, 0.2) is 11.6 Å². The van der Waals surface area contributed by atoms with Crippen LogP contribution in [0.5, 0.6) is 5.75 Å². The summed E-state index contributed by atoms with van der Waals surface area (Å²) in [5, 5.41) is 19.0. The van der Waals surface area contributed by atoms with Gasteiger partial charge < -0.3 is 14.2 Å². The lowest BCUT2D eigenvalue weighted by Gasteiger charge is -2.31. The third-order valence-corrected chi connectivity index (χ3v) is 5.26. The molecule has 0 unspecified atom stereocenters. The zero-order valence-corrected chi connectivity index (χ0v) is 16.2. The first-order valence-corrected chi connectivity index (χ1v) is 9.64. The van der Waals surface area contributed by atoms with Gasteiger partial charge in [-0.3, -0.25) is 4.98 Å². The number of halogens is 2. The number of hydrogen-bond donors (Lipinski definition) is 0. The van der Waals surface area contributed by atoms with Crippen LogP contribution >= 0.6 is 0 Å². The molecule has 9 heteroatoms. The van der Waals surface area contributed by atoms with E-state index in [2.05, 4.69) is 30.6 Å². The molecule has 3 heterocycles. The van der Waals surface area contributed by atoms with Crippen LogP contribution in [0.4, 0.5) is 14.5 Å². The maximum atomic E-state index is 12.7. The highest BCUT2D eigenvalue weighted by Crippen LogP contribution is 2.34. The lowest BCUT2D eigenvalue weighted by Crippen LogP contribution is -2.34. The minimum Gasteiger partial charge on any atom is -0.435 e. The molecular formula is C22H16F2N6O. The number of alkyl halides is 2. The van der Waals surface area contributed by atoms with Crippen molar-refractivity contribution in [3.05, 3.63) is 66.1 Å². The highest BCUT2D eigenvalue weighted by atomic mass is 19.3. The van der Waals surface area contributed by atoms with Crippen LogP contribution in [-0.2, 0) is 13.1 Å². The molecule has 0 fully saturated rings. The Kier molecular flexibility index (Phi) is 4.67. The Hall–Kier alpha value is -4.06. The predicted octanol–water partition coefficient (Wildman–Crippen LogP) is 3.99. The van der Waals surface area contributed by atoms with E-state index in [9.17, 15) is 14.0 Å². The van der Waals surface area contributed by atoms with Crippen LogP contribution in [0.3, 0.4) is 0 Å². The second kappa shape index (κ2) is 7.65. The van der Waals surface area contributed by atoms with E-state index in [0.29, 0.717) is 41.8 Å². The molecule has 0 N–H and O–H groups in total. The number of anilines is 1. The molecule has 0 bridgehead atoms. The standard InChI is InChI=1S/C22H16F2N6O/c23-22(24)31-16-6-7-18-17(10-16)20(15(11-25)12-26-18)29-8-9-30-19(13-29)27-28-21(30)14-4-2-1-3-5-14/h1-7,10,12,22H,8-9,13H2. The minimum atomic E-state index is -2.93. The summed E-state index contributed by atoms with van der Waals surface area (Å²) in [6, 6.07) is 16.5. The van der Waals surface area contributed by atoms with Gasteiger partial charge in [-0.25, -0.2) is 0 Å². The van der Waals surface area contributed by atoms with Gasteiger partial charge in [0, 0.05) is 30.2 Å². The topological polar surface area (TPSA) is 79.9 Å². The molecule has 154 valence electrons. The zero-order chi connectivity index (χ0) is 21.4. The monoisotopic (exact) mass is 418 g/mol. The molecule has 0 aliphatic carbocycles. The molecular weight excluding hydrogens is 402 g/mol. The molecule has 31 heavy (non-hydrogen) atoms. The number of rotatable bonds is 4. The highest BCUT2D eigenvalue weighted by Gasteiger charge is 2.25. The van der Waals surface area contributed by atoms with Crippen LogP contribution in [0.1, 0.15) is 11.4 Å².